The molecular formula is C10H12ClFN2O2. The molecule has 1 rings (SSSR count). The Labute approximate surface area is 97.7 Å². The normalized spacial score (nSPS) is 10.2. The van der Waals surface area contributed by atoms with Gasteiger partial charge in [-0.3, -0.25) is 9.80 Å². The molecule has 4 nitrogen and oxygen atoms in total. The summed E-state index contributed by atoms with van der Waals surface area (Å²) in [4.78, 5) is 11.0. The van der Waals surface area contributed by atoms with Gasteiger partial charge in [-0.25, -0.2) is 10.2 Å². The summed E-state index contributed by atoms with van der Waals surface area (Å²) in [6.07, 6.45) is 0. The molecule has 0 saturated heterocycles. The molecule has 1 aromatic rings. The van der Waals surface area contributed by atoms with E-state index in [-0.39, 0.29) is 24.1 Å². The molecule has 0 fully saturated rings. The average molecular weight is 247 g/mol. The van der Waals surface area contributed by atoms with E-state index in [0.29, 0.717) is 5.56 Å². The van der Waals surface area contributed by atoms with Crippen LogP contribution in [0.25, 0.3) is 0 Å². The summed E-state index contributed by atoms with van der Waals surface area (Å²) in [6, 6.07) is 4.24. The highest BCUT2D eigenvalue weighted by atomic mass is 35.5. The summed E-state index contributed by atoms with van der Waals surface area (Å²) in [5, 5.41) is 0.973. The summed E-state index contributed by atoms with van der Waals surface area (Å²) in [6.45, 7) is 0.0571. The third kappa shape index (κ3) is 3.77. The van der Waals surface area contributed by atoms with Crippen molar-refractivity contribution in [3.63, 3.8) is 0 Å². The molecule has 0 bridgehead atoms. The van der Waals surface area contributed by atoms with Gasteiger partial charge in [-0.05, 0) is 17.7 Å². The van der Waals surface area contributed by atoms with Crippen LogP contribution in [-0.4, -0.2) is 24.6 Å². The first-order valence-corrected chi connectivity index (χ1v) is 4.91. The third-order valence-electron chi connectivity index (χ3n) is 1.87. The van der Waals surface area contributed by atoms with Crippen LogP contribution >= 0.6 is 11.6 Å². The van der Waals surface area contributed by atoms with Gasteiger partial charge in [0.25, 0.3) is 5.91 Å². The SMILES string of the molecule is CN(N)C(=O)COCc1ccc(F)c(Cl)c1. The number of rotatable bonds is 4. The number of hydrazine groups is 1. The molecule has 0 aliphatic carbocycles. The average Bonchev–Trinajstić information content (AvgIpc) is 2.23. The van der Waals surface area contributed by atoms with Gasteiger partial charge < -0.3 is 4.74 Å². The highest BCUT2D eigenvalue weighted by Gasteiger charge is 2.05. The molecule has 1 aromatic carbocycles. The summed E-state index contributed by atoms with van der Waals surface area (Å²) in [5.74, 6) is 4.37. The lowest BCUT2D eigenvalue weighted by Crippen LogP contribution is -2.35. The van der Waals surface area contributed by atoms with Gasteiger partial charge >= 0.3 is 0 Å². The van der Waals surface area contributed by atoms with Crippen molar-refractivity contribution in [2.45, 2.75) is 6.61 Å². The maximum Gasteiger partial charge on any atom is 0.262 e. The number of nitrogens with two attached hydrogens (primary N) is 1. The maximum atomic E-state index is 12.8. The molecule has 0 radical (unpaired) electrons. The van der Waals surface area contributed by atoms with Gasteiger partial charge in [0.05, 0.1) is 11.6 Å². The van der Waals surface area contributed by atoms with Crippen LogP contribution in [0.3, 0.4) is 0 Å². The Bertz CT molecular complexity index is 385. The van der Waals surface area contributed by atoms with Crippen LogP contribution < -0.4 is 5.84 Å². The summed E-state index contributed by atoms with van der Waals surface area (Å²) < 4.78 is 17.9. The fraction of sp³-hybridized carbons (Fsp3) is 0.300. The first-order chi connectivity index (χ1) is 7.50. The molecular weight excluding hydrogens is 235 g/mol. The van der Waals surface area contributed by atoms with Crippen LogP contribution in [0.1, 0.15) is 5.56 Å². The second kappa shape index (κ2) is 5.79. The van der Waals surface area contributed by atoms with E-state index in [1.165, 1.54) is 25.2 Å². The van der Waals surface area contributed by atoms with Crippen LogP contribution in [0.4, 0.5) is 4.39 Å². The zero-order chi connectivity index (χ0) is 12.1. The lowest BCUT2D eigenvalue weighted by atomic mass is 10.2. The number of carbonyl (C=O) groups is 1. The predicted octanol–water partition coefficient (Wildman–Crippen LogP) is 1.33. The number of nitrogens with zero attached hydrogens (tertiary/aromatic N) is 1. The standard InChI is InChI=1S/C10H12ClFN2O2/c1-14(13)10(15)6-16-5-7-2-3-9(12)8(11)4-7/h2-4H,5-6,13H2,1H3. The van der Waals surface area contributed by atoms with Crippen LogP contribution in [0.2, 0.25) is 5.02 Å². The Kier molecular flexibility index (Phi) is 4.67. The zero-order valence-electron chi connectivity index (χ0n) is 8.74. The highest BCUT2D eigenvalue weighted by molar-refractivity contribution is 6.30. The molecule has 88 valence electrons. The van der Waals surface area contributed by atoms with Crippen molar-refractivity contribution in [1.82, 2.24) is 5.01 Å². The second-order valence-corrected chi connectivity index (χ2v) is 3.65. The lowest BCUT2D eigenvalue weighted by Gasteiger charge is -2.10. The molecule has 1 amide bonds. The number of amides is 1. The van der Waals surface area contributed by atoms with E-state index in [1.54, 1.807) is 0 Å². The molecule has 0 aliphatic heterocycles. The van der Waals surface area contributed by atoms with Crippen molar-refractivity contribution >= 4 is 17.5 Å². The monoisotopic (exact) mass is 246 g/mol. The van der Waals surface area contributed by atoms with Gasteiger partial charge in [-0.2, -0.15) is 0 Å². The molecule has 0 heterocycles. The van der Waals surface area contributed by atoms with Crippen molar-refractivity contribution in [3.05, 3.63) is 34.6 Å². The van der Waals surface area contributed by atoms with Crippen molar-refractivity contribution in [3.8, 4) is 0 Å². The summed E-state index contributed by atoms with van der Waals surface area (Å²) >= 11 is 5.58. The van der Waals surface area contributed by atoms with E-state index < -0.39 is 5.82 Å². The van der Waals surface area contributed by atoms with E-state index in [1.807, 2.05) is 0 Å². The first-order valence-electron chi connectivity index (χ1n) is 4.53. The Balaban J connectivity index is 2.43. The Morgan fingerprint density at radius 3 is 2.88 bits per heavy atom. The maximum absolute atomic E-state index is 12.8. The largest absolute Gasteiger partial charge is 0.367 e. The lowest BCUT2D eigenvalue weighted by molar-refractivity contribution is -0.135. The van der Waals surface area contributed by atoms with Crippen molar-refractivity contribution in [1.29, 1.82) is 0 Å². The fourth-order valence-corrected chi connectivity index (χ4v) is 1.19. The van der Waals surface area contributed by atoms with Crippen LogP contribution in [0.5, 0.6) is 0 Å². The quantitative estimate of drug-likeness (QED) is 0.495. The number of likely N-dealkylation sites (N-methyl/N-ethyl adjacent to an activating group) is 1. The minimum Gasteiger partial charge on any atom is -0.367 e. The Hall–Kier alpha value is -1.17. The smallest absolute Gasteiger partial charge is 0.262 e. The molecule has 2 N–H and O–H groups in total. The van der Waals surface area contributed by atoms with E-state index in [2.05, 4.69) is 0 Å². The Morgan fingerprint density at radius 2 is 2.31 bits per heavy atom. The number of halogens is 2. The summed E-state index contributed by atoms with van der Waals surface area (Å²) in [7, 11) is 1.43. The van der Waals surface area contributed by atoms with Gasteiger partial charge in [-0.15, -0.1) is 0 Å². The van der Waals surface area contributed by atoms with E-state index in [0.717, 1.165) is 5.01 Å². The van der Waals surface area contributed by atoms with Gasteiger partial charge in [0.2, 0.25) is 0 Å². The molecule has 0 aromatic heterocycles. The molecule has 0 saturated carbocycles. The van der Waals surface area contributed by atoms with Crippen molar-refractivity contribution in [2.75, 3.05) is 13.7 Å². The number of carbonyl (C=O) groups excluding carboxylic acids is 1. The minimum atomic E-state index is -0.483. The number of hydrogen-bond donors (Lipinski definition) is 1. The van der Waals surface area contributed by atoms with Gasteiger partial charge in [0.15, 0.2) is 0 Å². The van der Waals surface area contributed by atoms with Gasteiger partial charge in [0.1, 0.15) is 12.4 Å². The topological polar surface area (TPSA) is 55.6 Å². The minimum absolute atomic E-state index is 0.0309. The fourth-order valence-electron chi connectivity index (χ4n) is 0.987. The zero-order valence-corrected chi connectivity index (χ0v) is 9.50. The molecule has 0 atom stereocenters. The molecule has 0 unspecified atom stereocenters. The van der Waals surface area contributed by atoms with E-state index in [4.69, 9.17) is 22.2 Å². The summed E-state index contributed by atoms with van der Waals surface area (Å²) in [5.41, 5.74) is 0.693. The van der Waals surface area contributed by atoms with Crippen molar-refractivity contribution in [2.24, 2.45) is 5.84 Å². The Morgan fingerprint density at radius 1 is 1.62 bits per heavy atom. The number of hydrogen-bond acceptors (Lipinski definition) is 3. The van der Waals surface area contributed by atoms with Crippen molar-refractivity contribution < 1.29 is 13.9 Å². The number of ether oxygens (including phenoxy) is 1. The predicted molar refractivity (Wildman–Crippen MR) is 58.0 cm³/mol. The van der Waals surface area contributed by atoms with Gasteiger partial charge in [0, 0.05) is 7.05 Å². The van der Waals surface area contributed by atoms with Crippen LogP contribution in [0.15, 0.2) is 18.2 Å². The van der Waals surface area contributed by atoms with E-state index in [9.17, 15) is 9.18 Å². The first kappa shape index (κ1) is 12.9. The van der Waals surface area contributed by atoms with Gasteiger partial charge in [-0.1, -0.05) is 17.7 Å². The molecule has 0 aliphatic rings. The van der Waals surface area contributed by atoms with Crippen LogP contribution in [0, 0.1) is 5.82 Å². The second-order valence-electron chi connectivity index (χ2n) is 3.25. The van der Waals surface area contributed by atoms with E-state index >= 15 is 0 Å². The van der Waals surface area contributed by atoms with Crippen LogP contribution in [-0.2, 0) is 16.1 Å². The number of benzene rings is 1. The highest BCUT2D eigenvalue weighted by Crippen LogP contribution is 2.16. The molecule has 0 spiro atoms. The third-order valence-corrected chi connectivity index (χ3v) is 2.16. The molecule has 6 heteroatoms. The molecule has 16 heavy (non-hydrogen) atoms.